The van der Waals surface area contributed by atoms with E-state index < -0.39 is 0 Å². The van der Waals surface area contributed by atoms with Crippen molar-refractivity contribution in [3.63, 3.8) is 0 Å². The normalized spacial score (nSPS) is 26.3. The van der Waals surface area contributed by atoms with Gasteiger partial charge in [-0.05, 0) is 20.4 Å². The number of hydrogen-bond donors (Lipinski definition) is 1. The molecule has 1 unspecified atom stereocenters. The molecular weight excluding hydrogens is 164 g/mol. The van der Waals surface area contributed by atoms with Crippen molar-refractivity contribution in [1.29, 1.82) is 0 Å². The second-order valence-electron chi connectivity index (χ2n) is 4.16. The molecule has 1 N–H and O–H groups in total. The maximum atomic E-state index is 5.53. The van der Waals surface area contributed by atoms with E-state index in [1.54, 1.807) is 7.11 Å². The first-order valence-electron chi connectivity index (χ1n) is 5.11. The molecule has 1 atom stereocenters. The largest absolute Gasteiger partial charge is 0.377 e. The summed E-state index contributed by atoms with van der Waals surface area (Å²) in [6.45, 7) is 10.9. The van der Waals surface area contributed by atoms with Gasteiger partial charge >= 0.3 is 0 Å². The van der Waals surface area contributed by atoms with Gasteiger partial charge in [0.2, 0.25) is 0 Å². The van der Waals surface area contributed by atoms with Crippen LogP contribution in [0.4, 0.5) is 0 Å². The lowest BCUT2D eigenvalue weighted by Crippen LogP contribution is -2.60. The molecule has 0 saturated carbocycles. The molecule has 13 heavy (non-hydrogen) atoms. The van der Waals surface area contributed by atoms with Gasteiger partial charge in [-0.15, -0.1) is 0 Å². The molecular formula is C10H22N2O. The molecule has 0 aromatic heterocycles. The van der Waals surface area contributed by atoms with E-state index in [1.165, 1.54) is 0 Å². The summed E-state index contributed by atoms with van der Waals surface area (Å²) in [5.74, 6) is 0. The molecule has 0 radical (unpaired) electrons. The van der Waals surface area contributed by atoms with Gasteiger partial charge in [0.25, 0.3) is 0 Å². The minimum absolute atomic E-state index is 0.0522. The Kier molecular flexibility index (Phi) is 3.71. The Labute approximate surface area is 81.4 Å². The highest BCUT2D eigenvalue weighted by Crippen LogP contribution is 2.20. The average Bonchev–Trinajstić information content (AvgIpc) is 2.18. The van der Waals surface area contributed by atoms with Crippen LogP contribution in [0.5, 0.6) is 0 Å². The van der Waals surface area contributed by atoms with E-state index in [2.05, 4.69) is 31.0 Å². The van der Waals surface area contributed by atoms with Crippen molar-refractivity contribution in [1.82, 2.24) is 10.2 Å². The monoisotopic (exact) mass is 186 g/mol. The van der Waals surface area contributed by atoms with Gasteiger partial charge in [0.05, 0.1) is 11.6 Å². The highest BCUT2D eigenvalue weighted by atomic mass is 16.5. The van der Waals surface area contributed by atoms with E-state index in [0.29, 0.717) is 6.04 Å². The zero-order valence-electron chi connectivity index (χ0n) is 9.26. The van der Waals surface area contributed by atoms with Crippen LogP contribution in [0.2, 0.25) is 0 Å². The molecule has 1 aliphatic rings. The molecule has 78 valence electrons. The number of nitrogens with zero attached hydrogens (tertiary/aromatic N) is 1. The first-order chi connectivity index (χ1) is 6.11. The summed E-state index contributed by atoms with van der Waals surface area (Å²) in [5, 5.41) is 3.42. The highest BCUT2D eigenvalue weighted by molar-refractivity contribution is 4.91. The fourth-order valence-electron chi connectivity index (χ4n) is 1.95. The third kappa shape index (κ3) is 2.42. The van der Waals surface area contributed by atoms with Crippen molar-refractivity contribution in [2.75, 3.05) is 33.3 Å². The average molecular weight is 186 g/mol. The predicted molar refractivity (Wildman–Crippen MR) is 55.0 cm³/mol. The van der Waals surface area contributed by atoms with Crippen molar-refractivity contribution in [3.8, 4) is 0 Å². The maximum Gasteiger partial charge on any atom is 0.0789 e. The lowest BCUT2D eigenvalue weighted by Gasteiger charge is -2.44. The lowest BCUT2D eigenvalue weighted by molar-refractivity contribution is -0.0588. The Balaban J connectivity index is 2.63. The van der Waals surface area contributed by atoms with Crippen molar-refractivity contribution in [3.05, 3.63) is 0 Å². The van der Waals surface area contributed by atoms with Gasteiger partial charge in [-0.2, -0.15) is 0 Å². The van der Waals surface area contributed by atoms with Gasteiger partial charge in [-0.1, -0.05) is 6.92 Å². The van der Waals surface area contributed by atoms with Gasteiger partial charge in [0, 0.05) is 26.7 Å². The van der Waals surface area contributed by atoms with Gasteiger partial charge in [0.1, 0.15) is 0 Å². The zero-order chi connectivity index (χ0) is 9.90. The molecule has 0 aromatic rings. The number of likely N-dealkylation sites (N-methyl/N-ethyl adjacent to an activating group) is 1. The molecule has 0 aromatic carbocycles. The fraction of sp³-hybridized carbons (Fsp3) is 1.00. The molecule has 3 nitrogen and oxygen atoms in total. The first kappa shape index (κ1) is 11.0. The van der Waals surface area contributed by atoms with Crippen molar-refractivity contribution in [2.24, 2.45) is 0 Å². The van der Waals surface area contributed by atoms with E-state index >= 15 is 0 Å². The molecule has 0 aliphatic carbocycles. The van der Waals surface area contributed by atoms with E-state index in [1.807, 2.05) is 0 Å². The minimum atomic E-state index is -0.0522. The van der Waals surface area contributed by atoms with Gasteiger partial charge < -0.3 is 10.1 Å². The molecule has 0 spiro atoms. The summed E-state index contributed by atoms with van der Waals surface area (Å²) in [4.78, 5) is 2.49. The van der Waals surface area contributed by atoms with Gasteiger partial charge in [-0.3, -0.25) is 4.90 Å². The molecule has 1 saturated heterocycles. The second-order valence-corrected chi connectivity index (χ2v) is 4.16. The Morgan fingerprint density at radius 1 is 1.54 bits per heavy atom. The molecule has 1 rings (SSSR count). The third-order valence-electron chi connectivity index (χ3n) is 3.09. The van der Waals surface area contributed by atoms with Crippen LogP contribution in [0.1, 0.15) is 20.8 Å². The predicted octanol–water partition coefficient (Wildman–Crippen LogP) is 0.705. The highest BCUT2D eigenvalue weighted by Gasteiger charge is 2.34. The van der Waals surface area contributed by atoms with Crippen LogP contribution in [-0.2, 0) is 4.74 Å². The van der Waals surface area contributed by atoms with Crippen LogP contribution in [-0.4, -0.2) is 49.8 Å². The fourth-order valence-corrected chi connectivity index (χ4v) is 1.95. The van der Waals surface area contributed by atoms with Crippen LogP contribution < -0.4 is 5.32 Å². The summed E-state index contributed by atoms with van der Waals surface area (Å²) in [6.07, 6.45) is 0. The lowest BCUT2D eigenvalue weighted by atomic mass is 9.95. The van der Waals surface area contributed by atoms with E-state index in [0.717, 1.165) is 26.2 Å². The molecule has 0 amide bonds. The Morgan fingerprint density at radius 2 is 2.23 bits per heavy atom. The van der Waals surface area contributed by atoms with Crippen molar-refractivity contribution >= 4 is 0 Å². The molecule has 3 heteroatoms. The maximum absolute atomic E-state index is 5.53. The van der Waals surface area contributed by atoms with Gasteiger partial charge in [0.15, 0.2) is 0 Å². The molecule has 1 fully saturated rings. The van der Waals surface area contributed by atoms with E-state index in [4.69, 9.17) is 4.74 Å². The topological polar surface area (TPSA) is 24.5 Å². The summed E-state index contributed by atoms with van der Waals surface area (Å²) in [7, 11) is 1.79. The smallest absolute Gasteiger partial charge is 0.0789 e. The van der Waals surface area contributed by atoms with Crippen molar-refractivity contribution < 1.29 is 4.74 Å². The number of rotatable bonds is 3. The number of hydrogen-bond acceptors (Lipinski definition) is 3. The van der Waals surface area contributed by atoms with Crippen LogP contribution >= 0.6 is 0 Å². The third-order valence-corrected chi connectivity index (χ3v) is 3.09. The van der Waals surface area contributed by atoms with E-state index in [9.17, 15) is 0 Å². The summed E-state index contributed by atoms with van der Waals surface area (Å²) in [6, 6.07) is 0.497. The number of nitrogens with one attached hydrogen (secondary N) is 1. The molecule has 1 aliphatic heterocycles. The minimum Gasteiger partial charge on any atom is -0.377 e. The number of piperazine rings is 1. The summed E-state index contributed by atoms with van der Waals surface area (Å²) < 4.78 is 5.53. The SMILES string of the molecule is CCN1CCNCC1C(C)(C)OC. The first-order valence-corrected chi connectivity index (χ1v) is 5.11. The van der Waals surface area contributed by atoms with Crippen LogP contribution in [0, 0.1) is 0 Å². The van der Waals surface area contributed by atoms with Crippen LogP contribution in [0.25, 0.3) is 0 Å². The Morgan fingerprint density at radius 3 is 2.77 bits per heavy atom. The van der Waals surface area contributed by atoms with Crippen LogP contribution in [0.3, 0.4) is 0 Å². The van der Waals surface area contributed by atoms with Crippen molar-refractivity contribution in [2.45, 2.75) is 32.4 Å². The second kappa shape index (κ2) is 4.40. The number of methoxy groups -OCH3 is 1. The molecule has 1 heterocycles. The zero-order valence-corrected chi connectivity index (χ0v) is 9.26. The summed E-state index contributed by atoms with van der Waals surface area (Å²) in [5.41, 5.74) is -0.0522. The summed E-state index contributed by atoms with van der Waals surface area (Å²) >= 11 is 0. The Bertz CT molecular complexity index is 159. The van der Waals surface area contributed by atoms with Gasteiger partial charge in [-0.25, -0.2) is 0 Å². The Hall–Kier alpha value is -0.120. The van der Waals surface area contributed by atoms with Crippen LogP contribution in [0.15, 0.2) is 0 Å². The van der Waals surface area contributed by atoms with E-state index in [-0.39, 0.29) is 5.60 Å². The number of ether oxygens (including phenoxy) is 1. The molecule has 0 bridgehead atoms. The quantitative estimate of drug-likeness (QED) is 0.702. The standard InChI is InChI=1S/C10H22N2O/c1-5-12-7-6-11-8-9(12)10(2,3)13-4/h9,11H,5-8H2,1-4H3.